The number of nitrogen functional groups attached to an aromatic ring is 1. The summed E-state index contributed by atoms with van der Waals surface area (Å²) in [5.74, 6) is 0.313. The monoisotopic (exact) mass is 277 g/mol. The molecular weight excluding hydrogens is 258 g/mol. The Labute approximate surface area is 118 Å². The van der Waals surface area contributed by atoms with E-state index in [2.05, 4.69) is 0 Å². The molecule has 108 valence electrons. The van der Waals surface area contributed by atoms with Gasteiger partial charge in [0.25, 0.3) is 5.91 Å². The van der Waals surface area contributed by atoms with Crippen LogP contribution in [0.25, 0.3) is 0 Å². The van der Waals surface area contributed by atoms with Gasteiger partial charge < -0.3 is 20.3 Å². The van der Waals surface area contributed by atoms with Crippen LogP contribution in [-0.4, -0.2) is 55.4 Å². The van der Waals surface area contributed by atoms with Crippen LogP contribution in [0, 0.1) is 0 Å². The van der Waals surface area contributed by atoms with Gasteiger partial charge in [-0.2, -0.15) is 0 Å². The number of carbonyl (C=O) groups excluding carboxylic acids is 2. The van der Waals surface area contributed by atoms with Gasteiger partial charge in [0.05, 0.1) is 12.8 Å². The summed E-state index contributed by atoms with van der Waals surface area (Å²) in [6.45, 7) is 1.36. The molecule has 1 aliphatic rings. The van der Waals surface area contributed by atoms with Gasteiger partial charge in [-0.05, 0) is 24.6 Å². The molecule has 0 bridgehead atoms. The smallest absolute Gasteiger partial charge is 0.254 e. The molecule has 0 spiro atoms. The standard InChI is InChI=1S/C14H19N3O3/c1-16-6-3-7-17(9-13(16)18)14(19)10-4-5-12(20-2)11(15)8-10/h4-5,8H,3,6-7,9,15H2,1-2H3. The zero-order valence-corrected chi connectivity index (χ0v) is 11.8. The molecule has 2 N–H and O–H groups in total. The molecule has 0 unspecified atom stereocenters. The van der Waals surface area contributed by atoms with Crippen LogP contribution in [0.1, 0.15) is 16.8 Å². The summed E-state index contributed by atoms with van der Waals surface area (Å²) in [7, 11) is 3.28. The zero-order valence-electron chi connectivity index (χ0n) is 11.8. The topological polar surface area (TPSA) is 75.9 Å². The normalized spacial score (nSPS) is 16.0. The van der Waals surface area contributed by atoms with Crippen molar-refractivity contribution in [1.29, 1.82) is 0 Å². The van der Waals surface area contributed by atoms with Gasteiger partial charge in [-0.25, -0.2) is 0 Å². The largest absolute Gasteiger partial charge is 0.495 e. The summed E-state index contributed by atoms with van der Waals surface area (Å²) >= 11 is 0. The second kappa shape index (κ2) is 5.81. The fourth-order valence-electron chi connectivity index (χ4n) is 2.21. The minimum atomic E-state index is -0.178. The van der Waals surface area contributed by atoms with Gasteiger partial charge in [0.1, 0.15) is 12.3 Å². The first-order valence-corrected chi connectivity index (χ1v) is 6.49. The highest BCUT2D eigenvalue weighted by Gasteiger charge is 2.24. The van der Waals surface area contributed by atoms with Crippen molar-refractivity contribution in [3.05, 3.63) is 23.8 Å². The third-order valence-corrected chi connectivity index (χ3v) is 3.44. The van der Waals surface area contributed by atoms with E-state index in [4.69, 9.17) is 10.5 Å². The lowest BCUT2D eigenvalue weighted by atomic mass is 10.1. The number of methoxy groups -OCH3 is 1. The Balaban J connectivity index is 2.18. The zero-order chi connectivity index (χ0) is 14.7. The summed E-state index contributed by atoms with van der Waals surface area (Å²) < 4.78 is 5.07. The van der Waals surface area contributed by atoms with Crippen LogP contribution in [0.2, 0.25) is 0 Å². The lowest BCUT2D eigenvalue weighted by molar-refractivity contribution is -0.129. The van der Waals surface area contributed by atoms with E-state index in [1.165, 1.54) is 7.11 Å². The Morgan fingerprint density at radius 1 is 1.35 bits per heavy atom. The number of rotatable bonds is 2. The number of hydrogen-bond donors (Lipinski definition) is 1. The first kappa shape index (κ1) is 14.2. The maximum Gasteiger partial charge on any atom is 0.254 e. The van der Waals surface area contributed by atoms with Crippen molar-refractivity contribution in [2.75, 3.05) is 39.5 Å². The molecular formula is C14H19N3O3. The molecule has 20 heavy (non-hydrogen) atoms. The molecule has 0 atom stereocenters. The number of ether oxygens (including phenoxy) is 1. The number of benzene rings is 1. The van der Waals surface area contributed by atoms with Gasteiger partial charge in [-0.15, -0.1) is 0 Å². The molecule has 2 rings (SSSR count). The highest BCUT2D eigenvalue weighted by Crippen LogP contribution is 2.23. The lowest BCUT2D eigenvalue weighted by Gasteiger charge is -2.20. The van der Waals surface area contributed by atoms with E-state index in [0.29, 0.717) is 30.1 Å². The number of nitrogens with two attached hydrogens (primary N) is 1. The van der Waals surface area contributed by atoms with Crippen molar-refractivity contribution < 1.29 is 14.3 Å². The minimum absolute atomic E-state index is 0.0441. The first-order valence-electron chi connectivity index (χ1n) is 6.49. The summed E-state index contributed by atoms with van der Waals surface area (Å²) in [6.07, 6.45) is 0.777. The molecule has 1 fully saturated rings. The molecule has 2 amide bonds. The summed E-state index contributed by atoms with van der Waals surface area (Å²) in [4.78, 5) is 27.4. The van der Waals surface area contributed by atoms with Crippen molar-refractivity contribution >= 4 is 17.5 Å². The van der Waals surface area contributed by atoms with Gasteiger partial charge in [-0.3, -0.25) is 9.59 Å². The highest BCUT2D eigenvalue weighted by molar-refractivity contribution is 5.97. The molecule has 0 aliphatic carbocycles. The van der Waals surface area contributed by atoms with Gasteiger partial charge >= 0.3 is 0 Å². The van der Waals surface area contributed by atoms with Crippen molar-refractivity contribution in [3.8, 4) is 5.75 Å². The van der Waals surface area contributed by atoms with E-state index < -0.39 is 0 Å². The quantitative estimate of drug-likeness (QED) is 0.802. The van der Waals surface area contributed by atoms with Crippen LogP contribution in [0.4, 0.5) is 5.69 Å². The third-order valence-electron chi connectivity index (χ3n) is 3.44. The number of amides is 2. The van der Waals surface area contributed by atoms with Crippen LogP contribution >= 0.6 is 0 Å². The van der Waals surface area contributed by atoms with E-state index >= 15 is 0 Å². The predicted octanol–water partition coefficient (Wildman–Crippen LogP) is 0.582. The average Bonchev–Trinajstić information content (AvgIpc) is 2.60. The van der Waals surface area contributed by atoms with Crippen molar-refractivity contribution in [3.63, 3.8) is 0 Å². The van der Waals surface area contributed by atoms with E-state index in [9.17, 15) is 9.59 Å². The van der Waals surface area contributed by atoms with Crippen LogP contribution in [0.3, 0.4) is 0 Å². The Morgan fingerprint density at radius 3 is 2.75 bits per heavy atom. The second-order valence-electron chi connectivity index (χ2n) is 4.85. The second-order valence-corrected chi connectivity index (χ2v) is 4.85. The van der Waals surface area contributed by atoms with Gasteiger partial charge in [0.2, 0.25) is 5.91 Å². The van der Waals surface area contributed by atoms with Crippen molar-refractivity contribution in [2.24, 2.45) is 0 Å². The fourth-order valence-corrected chi connectivity index (χ4v) is 2.21. The number of carbonyl (C=O) groups is 2. The predicted molar refractivity (Wildman–Crippen MR) is 75.6 cm³/mol. The molecule has 1 saturated heterocycles. The van der Waals surface area contributed by atoms with E-state index in [1.807, 2.05) is 0 Å². The Morgan fingerprint density at radius 2 is 2.10 bits per heavy atom. The minimum Gasteiger partial charge on any atom is -0.495 e. The Kier molecular flexibility index (Phi) is 4.12. The van der Waals surface area contributed by atoms with Crippen molar-refractivity contribution in [1.82, 2.24) is 9.80 Å². The third kappa shape index (κ3) is 2.84. The van der Waals surface area contributed by atoms with E-state index in [1.54, 1.807) is 35.0 Å². The van der Waals surface area contributed by atoms with Crippen LogP contribution < -0.4 is 10.5 Å². The van der Waals surface area contributed by atoms with Gasteiger partial charge in [-0.1, -0.05) is 0 Å². The lowest BCUT2D eigenvalue weighted by Crippen LogP contribution is -2.38. The maximum absolute atomic E-state index is 12.4. The number of hydrogen-bond acceptors (Lipinski definition) is 4. The van der Waals surface area contributed by atoms with Crippen LogP contribution in [0.15, 0.2) is 18.2 Å². The van der Waals surface area contributed by atoms with E-state index in [-0.39, 0.29) is 18.4 Å². The number of anilines is 1. The molecule has 6 nitrogen and oxygen atoms in total. The van der Waals surface area contributed by atoms with E-state index in [0.717, 1.165) is 6.42 Å². The Bertz CT molecular complexity index is 530. The highest BCUT2D eigenvalue weighted by atomic mass is 16.5. The number of likely N-dealkylation sites (N-methyl/N-ethyl adjacent to an activating group) is 1. The average molecular weight is 277 g/mol. The van der Waals surface area contributed by atoms with Crippen LogP contribution in [0.5, 0.6) is 5.75 Å². The molecule has 1 heterocycles. The summed E-state index contributed by atoms with van der Waals surface area (Å²) in [5, 5.41) is 0. The molecule has 1 aromatic rings. The Hall–Kier alpha value is -2.24. The molecule has 0 radical (unpaired) electrons. The maximum atomic E-state index is 12.4. The first-order chi connectivity index (χ1) is 9.52. The molecule has 1 aromatic carbocycles. The van der Waals surface area contributed by atoms with Gasteiger partial charge in [0, 0.05) is 25.7 Å². The fraction of sp³-hybridized carbons (Fsp3) is 0.429. The van der Waals surface area contributed by atoms with Crippen LogP contribution in [-0.2, 0) is 4.79 Å². The molecule has 6 heteroatoms. The number of nitrogens with zero attached hydrogens (tertiary/aromatic N) is 2. The van der Waals surface area contributed by atoms with Gasteiger partial charge in [0.15, 0.2) is 0 Å². The molecule has 0 aromatic heterocycles. The molecule has 1 aliphatic heterocycles. The van der Waals surface area contributed by atoms with Crippen molar-refractivity contribution in [2.45, 2.75) is 6.42 Å². The summed E-state index contributed by atoms with van der Waals surface area (Å²) in [5.41, 5.74) is 6.69. The SMILES string of the molecule is COc1ccc(C(=O)N2CCCN(C)C(=O)C2)cc1N. The summed E-state index contributed by atoms with van der Waals surface area (Å²) in [6, 6.07) is 4.91. The molecule has 0 saturated carbocycles.